The molecule has 0 bridgehead atoms. The number of rotatable bonds is 5. The number of thioether (sulfide) groups is 1. The van der Waals surface area contributed by atoms with Crippen LogP contribution in [0.15, 0.2) is 57.2 Å². The van der Waals surface area contributed by atoms with Gasteiger partial charge in [-0.3, -0.25) is 4.90 Å². The molecule has 3 heterocycles. The molecular weight excluding hydrogens is 432 g/mol. The number of allylic oxidation sites excluding steroid dienone is 1. The lowest BCUT2D eigenvalue weighted by Gasteiger charge is -2.22. The number of esters is 1. The zero-order chi connectivity index (χ0) is 20.5. The van der Waals surface area contributed by atoms with E-state index in [2.05, 4.69) is 5.10 Å². The number of fused-ring (bicyclic) bond motifs is 1. The van der Waals surface area contributed by atoms with Gasteiger partial charge in [0.1, 0.15) is 11.9 Å². The minimum Gasteiger partial charge on any atom is -0.503 e. The average molecular weight is 449 g/mol. The van der Waals surface area contributed by atoms with Gasteiger partial charge in [0.05, 0.1) is 31.9 Å². The molecular formula is C19H17ClN4O3S2. The Morgan fingerprint density at radius 3 is 2.72 bits per heavy atom. The Hall–Kier alpha value is -2.49. The predicted molar refractivity (Wildman–Crippen MR) is 117 cm³/mol. The van der Waals surface area contributed by atoms with Crippen molar-refractivity contribution in [2.45, 2.75) is 12.4 Å². The van der Waals surface area contributed by atoms with E-state index in [9.17, 15) is 4.79 Å². The molecule has 29 heavy (non-hydrogen) atoms. The van der Waals surface area contributed by atoms with Crippen molar-refractivity contribution in [1.29, 1.82) is 0 Å². The lowest BCUT2D eigenvalue weighted by molar-refractivity contribution is -0.135. The number of carbonyl (C=O) groups is 1. The van der Waals surface area contributed by atoms with Crippen LogP contribution in [0.1, 0.15) is 6.92 Å². The number of benzene rings is 1. The van der Waals surface area contributed by atoms with Crippen molar-refractivity contribution in [3.05, 3.63) is 57.1 Å². The molecule has 1 aromatic carbocycles. The van der Waals surface area contributed by atoms with Gasteiger partial charge in [-0.2, -0.15) is 5.10 Å². The van der Waals surface area contributed by atoms with E-state index in [-0.39, 0.29) is 5.50 Å². The summed E-state index contributed by atoms with van der Waals surface area (Å²) in [5.74, 6) is -0.454. The fraction of sp³-hybridized carbons (Fsp3) is 0.211. The summed E-state index contributed by atoms with van der Waals surface area (Å²) >= 11 is 9.00. The third kappa shape index (κ3) is 3.61. The number of aromatic nitrogens is 1. The highest BCUT2D eigenvalue weighted by molar-refractivity contribution is 8.04. The van der Waals surface area contributed by atoms with Crippen molar-refractivity contribution < 1.29 is 14.3 Å². The number of carbonyl (C=O) groups excluding carboxylic acids is 1. The van der Waals surface area contributed by atoms with Gasteiger partial charge in [-0.05, 0) is 19.1 Å². The second-order valence-electron chi connectivity index (χ2n) is 6.12. The van der Waals surface area contributed by atoms with Crippen LogP contribution in [0.4, 0.5) is 5.13 Å². The molecule has 2 aromatic rings. The lowest BCUT2D eigenvalue weighted by Crippen LogP contribution is -2.33. The van der Waals surface area contributed by atoms with Crippen LogP contribution in [0, 0.1) is 0 Å². The first-order valence-electron chi connectivity index (χ1n) is 8.56. The summed E-state index contributed by atoms with van der Waals surface area (Å²) in [6, 6.07) is 7.57. The summed E-state index contributed by atoms with van der Waals surface area (Å²) in [7, 11) is 2.85. The topological polar surface area (TPSA) is 67.3 Å². The Bertz CT molecular complexity index is 1030. The van der Waals surface area contributed by atoms with E-state index in [4.69, 9.17) is 26.1 Å². The van der Waals surface area contributed by atoms with Crippen LogP contribution in [0.2, 0.25) is 5.02 Å². The number of ether oxygens (including phenoxy) is 2. The molecule has 1 unspecified atom stereocenters. The first kappa shape index (κ1) is 19.8. The Labute approximate surface area is 181 Å². The molecule has 2 aliphatic heterocycles. The summed E-state index contributed by atoms with van der Waals surface area (Å²) in [6.45, 7) is 1.91. The van der Waals surface area contributed by atoms with Gasteiger partial charge in [-0.1, -0.05) is 35.5 Å². The SMILES string of the molecule is CO/C=C(\C(=O)OC)C1=C(C)N2N=CN(c3nc(-c4ccc(Cl)cc4)cs3)C2S1. The van der Waals surface area contributed by atoms with E-state index in [1.54, 1.807) is 6.34 Å². The first-order valence-corrected chi connectivity index (χ1v) is 10.7. The molecule has 0 amide bonds. The van der Waals surface area contributed by atoms with Gasteiger partial charge >= 0.3 is 5.97 Å². The Balaban J connectivity index is 1.58. The third-order valence-electron chi connectivity index (χ3n) is 4.38. The maximum atomic E-state index is 12.2. The molecule has 7 nitrogen and oxygen atoms in total. The Morgan fingerprint density at radius 1 is 1.28 bits per heavy atom. The van der Waals surface area contributed by atoms with Gasteiger partial charge in [0.2, 0.25) is 0 Å². The molecule has 150 valence electrons. The standard InChI is InChI=1S/C19H17ClN4O3S2/c1-11-16(14(8-26-2)17(25)27-3)29-19-23(10-21-24(11)19)18-22-15(9-28-18)12-4-6-13(20)7-5-12/h4-10,19H,1-3H3/b14-8-. The second-order valence-corrected chi connectivity index (χ2v) is 8.46. The number of hydrogen-bond acceptors (Lipinski definition) is 9. The predicted octanol–water partition coefficient (Wildman–Crippen LogP) is 4.49. The van der Waals surface area contributed by atoms with E-state index in [1.165, 1.54) is 43.6 Å². The van der Waals surface area contributed by atoms with Crippen LogP contribution in [-0.4, -0.2) is 42.0 Å². The van der Waals surface area contributed by atoms with Gasteiger partial charge in [0.15, 0.2) is 10.6 Å². The second kappa shape index (κ2) is 8.10. The molecule has 0 fully saturated rings. The van der Waals surface area contributed by atoms with Crippen LogP contribution < -0.4 is 4.90 Å². The number of thiazole rings is 1. The van der Waals surface area contributed by atoms with E-state index >= 15 is 0 Å². The zero-order valence-corrected chi connectivity index (χ0v) is 18.2. The largest absolute Gasteiger partial charge is 0.503 e. The summed E-state index contributed by atoms with van der Waals surface area (Å²) in [5.41, 5.74) is 2.91. The maximum absolute atomic E-state index is 12.2. The number of hydrazone groups is 1. The highest BCUT2D eigenvalue weighted by atomic mass is 35.5. The van der Waals surface area contributed by atoms with Crippen molar-refractivity contribution in [3.8, 4) is 11.3 Å². The quantitative estimate of drug-likeness (QED) is 0.379. The summed E-state index contributed by atoms with van der Waals surface area (Å²) in [5, 5.41) is 9.85. The molecule has 1 atom stereocenters. The summed E-state index contributed by atoms with van der Waals surface area (Å²) in [6.07, 6.45) is 3.15. The summed E-state index contributed by atoms with van der Waals surface area (Å²) < 4.78 is 9.98. The van der Waals surface area contributed by atoms with Gasteiger partial charge < -0.3 is 9.47 Å². The Morgan fingerprint density at radius 2 is 2.03 bits per heavy atom. The monoisotopic (exact) mass is 448 g/mol. The van der Waals surface area contributed by atoms with Crippen molar-refractivity contribution in [3.63, 3.8) is 0 Å². The average Bonchev–Trinajstić information content (AvgIpc) is 3.43. The van der Waals surface area contributed by atoms with E-state index < -0.39 is 5.97 Å². The fourth-order valence-corrected chi connectivity index (χ4v) is 5.29. The molecule has 0 aliphatic carbocycles. The molecule has 0 saturated heterocycles. The normalized spacial score (nSPS) is 18.5. The van der Waals surface area contributed by atoms with E-state index in [1.807, 2.05) is 46.5 Å². The van der Waals surface area contributed by atoms with Crippen molar-refractivity contribution in [2.24, 2.45) is 5.10 Å². The maximum Gasteiger partial charge on any atom is 0.342 e. The van der Waals surface area contributed by atoms with Crippen molar-refractivity contribution in [1.82, 2.24) is 9.99 Å². The van der Waals surface area contributed by atoms with Gasteiger partial charge in [-0.25, -0.2) is 14.8 Å². The molecule has 10 heteroatoms. The molecule has 0 radical (unpaired) electrons. The van der Waals surface area contributed by atoms with Gasteiger partial charge in [-0.15, -0.1) is 11.3 Å². The molecule has 4 rings (SSSR count). The highest BCUT2D eigenvalue weighted by Crippen LogP contribution is 2.47. The van der Waals surface area contributed by atoms with Crippen LogP contribution >= 0.6 is 34.7 Å². The van der Waals surface area contributed by atoms with Crippen molar-refractivity contribution >= 4 is 52.1 Å². The van der Waals surface area contributed by atoms with Crippen LogP contribution in [-0.2, 0) is 14.3 Å². The zero-order valence-electron chi connectivity index (χ0n) is 15.8. The number of nitrogens with zero attached hydrogens (tertiary/aromatic N) is 4. The van der Waals surface area contributed by atoms with Crippen LogP contribution in [0.3, 0.4) is 0 Å². The number of hydrogen-bond donors (Lipinski definition) is 0. The first-order chi connectivity index (χ1) is 14.0. The minimum atomic E-state index is -0.454. The lowest BCUT2D eigenvalue weighted by atomic mass is 10.2. The molecule has 0 N–H and O–H groups in total. The smallest absolute Gasteiger partial charge is 0.342 e. The fourth-order valence-electron chi connectivity index (χ4n) is 2.96. The van der Waals surface area contributed by atoms with Crippen LogP contribution in [0.5, 0.6) is 0 Å². The van der Waals surface area contributed by atoms with Gasteiger partial charge in [0.25, 0.3) is 0 Å². The molecule has 0 saturated carbocycles. The number of halogens is 1. The summed E-state index contributed by atoms with van der Waals surface area (Å²) in [4.78, 5) is 19.7. The van der Waals surface area contributed by atoms with E-state index in [0.29, 0.717) is 10.6 Å². The number of methoxy groups -OCH3 is 2. The highest BCUT2D eigenvalue weighted by Gasteiger charge is 2.41. The molecule has 0 spiro atoms. The Kier molecular flexibility index (Phi) is 5.53. The third-order valence-corrected chi connectivity index (χ3v) is 6.88. The minimum absolute atomic E-state index is 0.167. The van der Waals surface area contributed by atoms with Crippen molar-refractivity contribution in [2.75, 3.05) is 19.1 Å². The van der Waals surface area contributed by atoms with E-state index in [0.717, 1.165) is 27.0 Å². The molecule has 2 aliphatic rings. The van der Waals surface area contributed by atoms with Gasteiger partial charge in [0, 0.05) is 20.9 Å². The molecule has 1 aromatic heterocycles. The van der Waals surface area contributed by atoms with Crippen LogP contribution in [0.25, 0.3) is 11.3 Å². The number of anilines is 1.